The van der Waals surface area contributed by atoms with Crippen LogP contribution in [0, 0.1) is 10.1 Å². The van der Waals surface area contributed by atoms with Gasteiger partial charge in [0.15, 0.2) is 5.02 Å². The summed E-state index contributed by atoms with van der Waals surface area (Å²) in [6, 6.07) is 2.35. The Labute approximate surface area is 129 Å². The smallest absolute Gasteiger partial charge is 0.292 e. The van der Waals surface area contributed by atoms with Crippen LogP contribution in [0.3, 0.4) is 0 Å². The van der Waals surface area contributed by atoms with E-state index in [1.807, 2.05) is 6.26 Å². The summed E-state index contributed by atoms with van der Waals surface area (Å²) in [5.74, 6) is 0.162. The minimum absolute atomic E-state index is 0.0140. The molecule has 0 saturated heterocycles. The number of nitrogens with zero attached hydrogens (tertiary/aromatic N) is 2. The Hall–Kier alpha value is -1.67. The van der Waals surface area contributed by atoms with E-state index in [1.54, 1.807) is 7.05 Å². The fraction of sp³-hybridized carbons (Fsp3) is 0.417. The van der Waals surface area contributed by atoms with E-state index >= 15 is 0 Å². The number of nitro benzene ring substituents is 1. The van der Waals surface area contributed by atoms with Gasteiger partial charge in [-0.25, -0.2) is 0 Å². The van der Waals surface area contributed by atoms with Crippen LogP contribution in [0.4, 0.5) is 5.69 Å². The van der Waals surface area contributed by atoms with Crippen molar-refractivity contribution in [3.63, 3.8) is 0 Å². The van der Waals surface area contributed by atoms with Crippen molar-refractivity contribution >= 4 is 33.9 Å². The number of nitrogens with two attached hydrogens (primary N) is 1. The number of halogens is 1. The summed E-state index contributed by atoms with van der Waals surface area (Å²) in [5, 5.41) is 10.8. The quantitative estimate of drug-likeness (QED) is 0.468. The van der Waals surface area contributed by atoms with E-state index in [2.05, 4.69) is 4.36 Å². The van der Waals surface area contributed by atoms with Gasteiger partial charge in [-0.1, -0.05) is 11.6 Å². The third-order valence-corrected chi connectivity index (χ3v) is 4.54. The zero-order valence-electron chi connectivity index (χ0n) is 11.7. The van der Waals surface area contributed by atoms with Gasteiger partial charge in [-0.15, -0.1) is 10.7 Å². The minimum Gasteiger partial charge on any atom is -0.492 e. The predicted molar refractivity (Wildman–Crippen MR) is 83.2 cm³/mol. The highest BCUT2D eigenvalue weighted by Gasteiger charge is 2.21. The van der Waals surface area contributed by atoms with Crippen LogP contribution in [0.2, 0.25) is 5.02 Å². The molecule has 1 amide bonds. The lowest BCUT2D eigenvalue weighted by atomic mass is 10.2. The molecule has 0 bridgehead atoms. The molecule has 0 aliphatic heterocycles. The van der Waals surface area contributed by atoms with E-state index < -0.39 is 16.5 Å². The van der Waals surface area contributed by atoms with E-state index in [1.165, 1.54) is 6.07 Å². The summed E-state index contributed by atoms with van der Waals surface area (Å²) in [6.07, 6.45) is 2.73. The first-order valence-corrected chi connectivity index (χ1v) is 8.13. The van der Waals surface area contributed by atoms with Crippen LogP contribution in [0.5, 0.6) is 5.75 Å². The van der Waals surface area contributed by atoms with Gasteiger partial charge in [-0.2, -0.15) is 0 Å². The second kappa shape index (κ2) is 7.94. The number of carbonyl (C=O) groups excluding carboxylic acids is 1. The first-order chi connectivity index (χ1) is 9.86. The van der Waals surface area contributed by atoms with Crippen molar-refractivity contribution in [1.29, 1.82) is 0 Å². The molecule has 0 saturated carbocycles. The molecular weight excluding hydrogens is 318 g/mol. The maximum atomic E-state index is 11.2. The lowest BCUT2D eigenvalue weighted by molar-refractivity contribution is -0.384. The zero-order valence-corrected chi connectivity index (χ0v) is 13.2. The van der Waals surface area contributed by atoms with Gasteiger partial charge in [-0.3, -0.25) is 19.3 Å². The van der Waals surface area contributed by atoms with Gasteiger partial charge in [0.25, 0.3) is 5.69 Å². The van der Waals surface area contributed by atoms with Gasteiger partial charge < -0.3 is 10.5 Å². The SMILES string of the molecule is CN=S(C)CCCOc1cc(C(N)=O)cc([N+](=O)[O-])c1Cl. The number of nitro groups is 1. The van der Waals surface area contributed by atoms with E-state index in [0.29, 0.717) is 6.61 Å². The fourth-order valence-electron chi connectivity index (χ4n) is 1.50. The lowest BCUT2D eigenvalue weighted by Gasteiger charge is -2.09. The third-order valence-electron chi connectivity index (χ3n) is 2.65. The van der Waals surface area contributed by atoms with Crippen molar-refractivity contribution in [1.82, 2.24) is 0 Å². The van der Waals surface area contributed by atoms with Gasteiger partial charge in [0, 0.05) is 24.4 Å². The second-order valence-corrected chi connectivity index (χ2v) is 6.47. The largest absolute Gasteiger partial charge is 0.492 e. The normalized spacial score (nSPS) is 12.1. The van der Waals surface area contributed by atoms with Crippen molar-refractivity contribution in [2.75, 3.05) is 25.7 Å². The number of primary amides is 1. The number of hydrogen-bond donors (Lipinski definition) is 1. The summed E-state index contributed by atoms with van der Waals surface area (Å²) in [5.41, 5.74) is 4.73. The molecule has 9 heteroatoms. The molecule has 0 radical (unpaired) electrons. The molecule has 7 nitrogen and oxygen atoms in total. The van der Waals surface area contributed by atoms with Gasteiger partial charge in [0.2, 0.25) is 5.91 Å². The fourth-order valence-corrected chi connectivity index (χ4v) is 2.46. The molecule has 1 atom stereocenters. The Morgan fingerprint density at radius 2 is 2.24 bits per heavy atom. The van der Waals surface area contributed by atoms with Gasteiger partial charge in [-0.05, 0) is 18.7 Å². The van der Waals surface area contributed by atoms with E-state index in [0.717, 1.165) is 18.2 Å². The summed E-state index contributed by atoms with van der Waals surface area (Å²) < 4.78 is 9.55. The number of hydrogen-bond acceptors (Lipinski definition) is 5. The highest BCUT2D eigenvalue weighted by molar-refractivity contribution is 7.86. The molecule has 2 N–H and O–H groups in total. The van der Waals surface area contributed by atoms with Gasteiger partial charge >= 0.3 is 0 Å². The summed E-state index contributed by atoms with van der Waals surface area (Å²) in [6.45, 7) is 0.325. The third kappa shape index (κ3) is 4.98. The van der Waals surface area contributed by atoms with Gasteiger partial charge in [0.05, 0.1) is 11.5 Å². The average molecular weight is 334 g/mol. The van der Waals surface area contributed by atoms with Crippen LogP contribution in [0.1, 0.15) is 16.8 Å². The monoisotopic (exact) mass is 333 g/mol. The van der Waals surface area contributed by atoms with Crippen LogP contribution in [-0.2, 0) is 10.7 Å². The number of carbonyl (C=O) groups is 1. The van der Waals surface area contributed by atoms with Crippen molar-refractivity contribution in [3.05, 3.63) is 32.8 Å². The first kappa shape index (κ1) is 17.4. The second-order valence-electron chi connectivity index (χ2n) is 4.12. The molecule has 1 rings (SSSR count). The molecule has 1 aromatic carbocycles. The van der Waals surface area contributed by atoms with Crippen molar-refractivity contribution in [2.24, 2.45) is 10.1 Å². The summed E-state index contributed by atoms with van der Waals surface area (Å²) in [7, 11) is 1.72. The Bertz CT molecular complexity index is 592. The molecular formula is C12H16ClN3O4S. The van der Waals surface area contributed by atoms with Crippen LogP contribution in [-0.4, -0.2) is 36.5 Å². The molecule has 1 aromatic rings. The highest BCUT2D eigenvalue weighted by atomic mass is 35.5. The van der Waals surface area contributed by atoms with Crippen LogP contribution in [0.15, 0.2) is 16.5 Å². The average Bonchev–Trinajstić information content (AvgIpc) is 2.43. The Kier molecular flexibility index (Phi) is 6.57. The molecule has 0 aromatic heterocycles. The zero-order chi connectivity index (χ0) is 16.0. The summed E-state index contributed by atoms with van der Waals surface area (Å²) >= 11 is 5.91. The van der Waals surface area contributed by atoms with Crippen LogP contribution < -0.4 is 10.5 Å². The molecule has 0 heterocycles. The molecule has 21 heavy (non-hydrogen) atoms. The van der Waals surface area contributed by atoms with E-state index in [9.17, 15) is 14.9 Å². The molecule has 0 fully saturated rings. The number of ether oxygens (including phenoxy) is 1. The number of benzene rings is 1. The standard InChI is InChI=1S/C12H16ClN3O4S/c1-15-21(2)5-3-4-20-10-7-8(12(14)17)6-9(11(10)13)16(18)19/h6-7H,3-5H2,1-2H3,(H2,14,17). The Balaban J connectivity index is 2.90. The minimum atomic E-state index is -0.778. The van der Waals surface area contributed by atoms with E-state index in [-0.39, 0.29) is 27.0 Å². The summed E-state index contributed by atoms with van der Waals surface area (Å²) in [4.78, 5) is 21.4. The Morgan fingerprint density at radius 1 is 1.57 bits per heavy atom. The molecule has 1 unspecified atom stereocenters. The molecule has 0 aliphatic carbocycles. The van der Waals surface area contributed by atoms with Crippen LogP contribution >= 0.6 is 11.6 Å². The lowest BCUT2D eigenvalue weighted by Crippen LogP contribution is -2.12. The molecule has 0 aliphatic rings. The van der Waals surface area contributed by atoms with Gasteiger partial charge in [0.1, 0.15) is 5.75 Å². The maximum absolute atomic E-state index is 11.2. The highest BCUT2D eigenvalue weighted by Crippen LogP contribution is 2.35. The van der Waals surface area contributed by atoms with Crippen molar-refractivity contribution in [3.8, 4) is 5.75 Å². The maximum Gasteiger partial charge on any atom is 0.292 e. The Morgan fingerprint density at radius 3 is 2.76 bits per heavy atom. The van der Waals surface area contributed by atoms with Crippen molar-refractivity contribution in [2.45, 2.75) is 6.42 Å². The van der Waals surface area contributed by atoms with Crippen molar-refractivity contribution < 1.29 is 14.5 Å². The topological polar surface area (TPSA) is 108 Å². The number of rotatable bonds is 7. The first-order valence-electron chi connectivity index (χ1n) is 5.99. The van der Waals surface area contributed by atoms with Crippen LogP contribution in [0.25, 0.3) is 0 Å². The molecule has 0 spiro atoms. The van der Waals surface area contributed by atoms with E-state index in [4.69, 9.17) is 22.1 Å². The molecule has 116 valence electrons. The number of amides is 1. The predicted octanol–water partition coefficient (Wildman–Crippen LogP) is 2.18.